The molecular formula is C21H31FN2O3S2. The first-order valence-corrected chi connectivity index (χ1v) is 11.6. The molecule has 0 aliphatic carbocycles. The van der Waals surface area contributed by atoms with Crippen LogP contribution in [-0.2, 0) is 4.79 Å². The second-order valence-electron chi connectivity index (χ2n) is 6.37. The number of carbonyl (C=O) groups is 1. The van der Waals surface area contributed by atoms with E-state index in [1.165, 1.54) is 24.6 Å². The molecule has 1 aromatic carbocycles. The van der Waals surface area contributed by atoms with Crippen LogP contribution in [0.25, 0.3) is 0 Å². The number of fused-ring (bicyclic) bond motifs is 1. The molecule has 0 aromatic heterocycles. The van der Waals surface area contributed by atoms with Gasteiger partial charge in [0.15, 0.2) is 0 Å². The van der Waals surface area contributed by atoms with Crippen molar-refractivity contribution in [3.63, 3.8) is 0 Å². The van der Waals surface area contributed by atoms with Gasteiger partial charge in [0.25, 0.3) is 0 Å². The van der Waals surface area contributed by atoms with Gasteiger partial charge in [-0.25, -0.2) is 9.10 Å². The molecule has 0 saturated heterocycles. The minimum Gasteiger partial charge on any atom is -0.476 e. The van der Waals surface area contributed by atoms with Crippen LogP contribution in [0.4, 0.5) is 10.1 Å². The van der Waals surface area contributed by atoms with Crippen molar-refractivity contribution in [1.82, 2.24) is 4.31 Å². The number of hydrogen-bond acceptors (Lipinski definition) is 6. The van der Waals surface area contributed by atoms with Crippen LogP contribution < -0.4 is 9.64 Å². The number of aliphatic carboxylic acids is 1. The molecular weight excluding hydrogens is 411 g/mol. The summed E-state index contributed by atoms with van der Waals surface area (Å²) in [7, 11) is 2.01. The Labute approximate surface area is 182 Å². The summed E-state index contributed by atoms with van der Waals surface area (Å²) in [5.74, 6) is -2.54. The summed E-state index contributed by atoms with van der Waals surface area (Å²) in [5, 5.41) is 8.61. The van der Waals surface area contributed by atoms with E-state index in [9.17, 15) is 9.18 Å². The molecule has 1 aliphatic heterocycles. The molecule has 0 radical (unpaired) electrons. The van der Waals surface area contributed by atoms with Crippen LogP contribution in [-0.4, -0.2) is 48.3 Å². The van der Waals surface area contributed by atoms with Crippen molar-refractivity contribution in [2.75, 3.05) is 37.8 Å². The molecule has 1 N–H and O–H groups in total. The van der Waals surface area contributed by atoms with Crippen molar-refractivity contribution < 1.29 is 19.0 Å². The lowest BCUT2D eigenvalue weighted by Crippen LogP contribution is -2.29. The third-order valence-electron chi connectivity index (χ3n) is 4.12. The number of benzene rings is 1. The van der Waals surface area contributed by atoms with Crippen molar-refractivity contribution >= 4 is 35.4 Å². The van der Waals surface area contributed by atoms with E-state index in [1.807, 2.05) is 31.5 Å². The van der Waals surface area contributed by atoms with E-state index in [2.05, 4.69) is 29.6 Å². The zero-order valence-corrected chi connectivity index (χ0v) is 19.2. The van der Waals surface area contributed by atoms with Gasteiger partial charge in [0.05, 0.1) is 15.5 Å². The zero-order chi connectivity index (χ0) is 21.8. The molecule has 8 heteroatoms. The zero-order valence-electron chi connectivity index (χ0n) is 17.6. The Morgan fingerprint density at radius 1 is 1.38 bits per heavy atom. The Bertz CT molecular complexity index is 711. The summed E-state index contributed by atoms with van der Waals surface area (Å²) in [6.45, 7) is 10.8. The Morgan fingerprint density at radius 3 is 2.62 bits per heavy atom. The third-order valence-corrected chi connectivity index (χ3v) is 5.90. The Balaban J connectivity index is 0.000000960. The highest BCUT2D eigenvalue weighted by Crippen LogP contribution is 2.42. The second-order valence-corrected chi connectivity index (χ2v) is 8.46. The number of thioether (sulfide) groups is 1. The number of carboxylic acids is 1. The Hall–Kier alpha value is -1.64. The lowest BCUT2D eigenvalue weighted by atomic mass is 10.2. The number of unbranched alkanes of at least 4 members (excludes halogenated alkanes) is 1. The van der Waals surface area contributed by atoms with Crippen LogP contribution in [0.5, 0.6) is 5.75 Å². The molecule has 2 rings (SSSR count). The maximum absolute atomic E-state index is 13.2. The van der Waals surface area contributed by atoms with E-state index in [-0.39, 0.29) is 0 Å². The molecule has 1 aromatic rings. The van der Waals surface area contributed by atoms with E-state index in [0.717, 1.165) is 41.5 Å². The average molecular weight is 443 g/mol. The lowest BCUT2D eigenvalue weighted by Gasteiger charge is -2.24. The molecule has 0 fully saturated rings. The van der Waals surface area contributed by atoms with Gasteiger partial charge in [0.1, 0.15) is 12.0 Å². The van der Waals surface area contributed by atoms with E-state index >= 15 is 0 Å². The number of rotatable bonds is 8. The van der Waals surface area contributed by atoms with Gasteiger partial charge in [0.2, 0.25) is 5.83 Å². The number of likely N-dealkylation sites (N-methyl/N-ethyl adjacent to an activating group) is 1. The third kappa shape index (κ3) is 8.32. The van der Waals surface area contributed by atoms with E-state index < -0.39 is 11.8 Å². The molecule has 1 aliphatic rings. The van der Waals surface area contributed by atoms with Crippen molar-refractivity contribution in [2.45, 2.75) is 42.9 Å². The molecule has 5 nitrogen and oxygen atoms in total. The first-order chi connectivity index (χ1) is 13.9. The van der Waals surface area contributed by atoms with Gasteiger partial charge in [-0.2, -0.15) is 4.39 Å². The number of nitrogens with zero attached hydrogens (tertiary/aromatic N) is 2. The van der Waals surface area contributed by atoms with Crippen molar-refractivity contribution in [1.29, 1.82) is 0 Å². The van der Waals surface area contributed by atoms with Gasteiger partial charge in [0, 0.05) is 19.6 Å². The smallest absolute Gasteiger partial charge is 0.368 e. The fraction of sp³-hybridized carbons (Fsp3) is 0.476. The van der Waals surface area contributed by atoms with Gasteiger partial charge in [-0.05, 0) is 43.8 Å². The summed E-state index contributed by atoms with van der Waals surface area (Å²) < 4.78 is 20.6. The molecule has 0 unspecified atom stereocenters. The summed E-state index contributed by atoms with van der Waals surface area (Å²) in [6.07, 6.45) is 7.95. The molecule has 29 heavy (non-hydrogen) atoms. The van der Waals surface area contributed by atoms with Gasteiger partial charge in [-0.3, -0.25) is 0 Å². The average Bonchev–Trinajstić information content (AvgIpc) is 2.87. The van der Waals surface area contributed by atoms with Crippen molar-refractivity contribution in [3.05, 3.63) is 36.9 Å². The van der Waals surface area contributed by atoms with Crippen molar-refractivity contribution in [2.24, 2.45) is 0 Å². The Kier molecular flexibility index (Phi) is 11.9. The van der Waals surface area contributed by atoms with Crippen LogP contribution in [0, 0.1) is 0 Å². The summed E-state index contributed by atoms with van der Waals surface area (Å²) >= 11 is 3.06. The first-order valence-electron chi connectivity index (χ1n) is 9.60. The summed E-state index contributed by atoms with van der Waals surface area (Å²) in [4.78, 5) is 14.7. The Morgan fingerprint density at radius 2 is 2.07 bits per heavy atom. The fourth-order valence-corrected chi connectivity index (χ4v) is 3.83. The fourth-order valence-electron chi connectivity index (χ4n) is 2.34. The molecule has 0 saturated carbocycles. The van der Waals surface area contributed by atoms with E-state index in [1.54, 1.807) is 11.9 Å². The topological polar surface area (TPSA) is 53.0 Å². The SMILES string of the molecule is C=CCCN1CCN(C)Sc2cc(O/C=C(\F)C(=O)O)c(SC)cc21.CCCC. The van der Waals surface area contributed by atoms with Gasteiger partial charge in [-0.15, -0.1) is 18.3 Å². The second kappa shape index (κ2) is 13.6. The molecule has 1 heterocycles. The van der Waals surface area contributed by atoms with Crippen molar-refractivity contribution in [3.8, 4) is 5.75 Å². The number of anilines is 1. The minimum atomic E-state index is -1.65. The highest BCUT2D eigenvalue weighted by molar-refractivity contribution is 7.98. The van der Waals surface area contributed by atoms with E-state index in [0.29, 0.717) is 12.0 Å². The standard InChI is InChI=1S/C17H21FN2O3S2.C4H10/c1-4-5-6-20-8-7-19(2)25-15-10-14(16(24-3)9-13(15)20)23-11-12(18)17(21)22;1-3-4-2/h4,9-11H,1,5-8H2,2-3H3,(H,21,22);3-4H2,1-2H3/b12-11-;. The normalized spacial score (nSPS) is 14.4. The monoisotopic (exact) mass is 442 g/mol. The van der Waals surface area contributed by atoms with Crippen LogP contribution in [0.3, 0.4) is 0 Å². The van der Waals surface area contributed by atoms with Gasteiger partial charge < -0.3 is 14.7 Å². The number of carboxylic acid groups (broad SMARTS) is 1. The maximum atomic E-state index is 13.2. The molecule has 0 bridgehead atoms. The molecule has 0 atom stereocenters. The number of ether oxygens (including phenoxy) is 1. The quantitative estimate of drug-likeness (QED) is 0.179. The molecule has 0 amide bonds. The number of hydrogen-bond donors (Lipinski definition) is 1. The highest BCUT2D eigenvalue weighted by atomic mass is 32.2. The maximum Gasteiger partial charge on any atom is 0.368 e. The molecule has 0 spiro atoms. The van der Waals surface area contributed by atoms with Crippen LogP contribution in [0.15, 0.2) is 46.7 Å². The first kappa shape index (κ1) is 25.4. The highest BCUT2D eigenvalue weighted by Gasteiger charge is 2.21. The van der Waals surface area contributed by atoms with Gasteiger partial charge in [-0.1, -0.05) is 32.8 Å². The number of halogens is 1. The largest absolute Gasteiger partial charge is 0.476 e. The van der Waals surface area contributed by atoms with Crippen LogP contribution in [0.1, 0.15) is 33.1 Å². The molecule has 162 valence electrons. The van der Waals surface area contributed by atoms with Gasteiger partial charge >= 0.3 is 5.97 Å². The predicted molar refractivity (Wildman–Crippen MR) is 122 cm³/mol. The predicted octanol–water partition coefficient (Wildman–Crippen LogP) is 5.82. The summed E-state index contributed by atoms with van der Waals surface area (Å²) in [6, 6.07) is 3.84. The van der Waals surface area contributed by atoms with Crippen LogP contribution in [0.2, 0.25) is 0 Å². The van der Waals surface area contributed by atoms with Crippen LogP contribution >= 0.6 is 23.7 Å². The minimum absolute atomic E-state index is 0.439. The lowest BCUT2D eigenvalue weighted by molar-refractivity contribution is -0.134. The van der Waals surface area contributed by atoms with E-state index in [4.69, 9.17) is 9.84 Å². The summed E-state index contributed by atoms with van der Waals surface area (Å²) in [5.41, 5.74) is 1.09.